The summed E-state index contributed by atoms with van der Waals surface area (Å²) in [6.07, 6.45) is -1.57. The van der Waals surface area contributed by atoms with Crippen molar-refractivity contribution in [1.82, 2.24) is 15.4 Å². The maximum absolute atomic E-state index is 12.7. The van der Waals surface area contributed by atoms with Gasteiger partial charge in [-0.1, -0.05) is 65.1 Å². The number of carbonyl (C=O) groups excluding carboxylic acids is 2. The topological polar surface area (TPSA) is 130 Å². The highest BCUT2D eigenvalue weighted by Crippen LogP contribution is 2.37. The lowest BCUT2D eigenvalue weighted by Crippen LogP contribution is -2.58. The number of sulfonamides is 1. The molecule has 2 aromatic carbocycles. The van der Waals surface area contributed by atoms with Crippen molar-refractivity contribution >= 4 is 56.9 Å². The van der Waals surface area contributed by atoms with Crippen molar-refractivity contribution in [2.24, 2.45) is 5.73 Å². The molecule has 0 heterocycles. The van der Waals surface area contributed by atoms with Gasteiger partial charge in [-0.2, -0.15) is 4.72 Å². The minimum atomic E-state index is -4.18. The van der Waals surface area contributed by atoms with Gasteiger partial charge in [-0.25, -0.2) is 18.0 Å². The number of urea groups is 2. The number of benzene rings is 2. The van der Waals surface area contributed by atoms with Crippen molar-refractivity contribution in [3.63, 3.8) is 0 Å². The quantitative estimate of drug-likeness (QED) is 0.386. The van der Waals surface area contributed by atoms with Gasteiger partial charge in [0.1, 0.15) is 6.17 Å². The third-order valence-electron chi connectivity index (χ3n) is 3.43. The van der Waals surface area contributed by atoms with Gasteiger partial charge in [-0.3, -0.25) is 5.32 Å². The van der Waals surface area contributed by atoms with Gasteiger partial charge in [-0.15, -0.1) is 0 Å². The van der Waals surface area contributed by atoms with E-state index in [1.807, 2.05) is 0 Å². The van der Waals surface area contributed by atoms with Crippen molar-refractivity contribution in [2.45, 2.75) is 15.4 Å². The van der Waals surface area contributed by atoms with Crippen LogP contribution in [-0.4, -0.2) is 26.6 Å². The summed E-state index contributed by atoms with van der Waals surface area (Å²) < 4.78 is 25.7. The van der Waals surface area contributed by atoms with Gasteiger partial charge in [0.05, 0.1) is 4.90 Å². The highest BCUT2D eigenvalue weighted by Gasteiger charge is 2.41. The van der Waals surface area contributed by atoms with Crippen molar-refractivity contribution in [3.05, 3.63) is 65.2 Å². The Balaban J connectivity index is 2.38. The number of alkyl halides is 2. The van der Waals surface area contributed by atoms with E-state index in [0.717, 1.165) is 0 Å². The van der Waals surface area contributed by atoms with Gasteiger partial charge in [0.2, 0.25) is 10.0 Å². The molecule has 0 aliphatic heterocycles. The van der Waals surface area contributed by atoms with Crippen LogP contribution in [0.1, 0.15) is 5.56 Å². The van der Waals surface area contributed by atoms with Gasteiger partial charge in [-0.05, 0) is 29.8 Å². The van der Waals surface area contributed by atoms with Crippen LogP contribution in [0.4, 0.5) is 9.59 Å². The molecule has 28 heavy (non-hydrogen) atoms. The second-order valence-electron chi connectivity index (χ2n) is 5.46. The van der Waals surface area contributed by atoms with Crippen LogP contribution in [-0.2, 0) is 14.4 Å². The highest BCUT2D eigenvalue weighted by molar-refractivity contribution is 7.89. The van der Waals surface area contributed by atoms with E-state index in [2.05, 4.69) is 10.0 Å². The predicted octanol–water partition coefficient (Wildman–Crippen LogP) is 2.65. The Morgan fingerprint density at radius 2 is 1.57 bits per heavy atom. The molecule has 0 saturated carbocycles. The zero-order valence-corrected chi connectivity index (χ0v) is 17.1. The van der Waals surface area contributed by atoms with Gasteiger partial charge in [0.25, 0.3) is 0 Å². The average Bonchev–Trinajstić information content (AvgIpc) is 2.61. The molecule has 12 heteroatoms. The minimum Gasteiger partial charge on any atom is -0.351 e. The molecule has 4 amide bonds. The second kappa shape index (κ2) is 8.97. The number of rotatable bonds is 6. The van der Waals surface area contributed by atoms with Crippen LogP contribution in [0.3, 0.4) is 0 Å². The standard InChI is InChI=1S/C16H15Cl3N4O4S/c17-11-6-8-12(9-7-11)28(26,27)23-13(21-15(25)22-14(20)24)16(18,19)10-4-2-1-3-5-10/h1-9,13,23H,(H4,20,21,22,24,25). The molecule has 2 aromatic rings. The summed E-state index contributed by atoms with van der Waals surface area (Å²) >= 11 is 18.5. The number of nitrogens with two attached hydrogens (primary N) is 1. The lowest BCUT2D eigenvalue weighted by molar-refractivity contribution is 0.227. The predicted molar refractivity (Wildman–Crippen MR) is 107 cm³/mol. The molecule has 150 valence electrons. The molecule has 1 atom stereocenters. The molecule has 8 nitrogen and oxygen atoms in total. The van der Waals surface area contributed by atoms with Crippen LogP contribution in [0.2, 0.25) is 5.02 Å². The van der Waals surface area contributed by atoms with E-state index in [4.69, 9.17) is 40.5 Å². The zero-order chi connectivity index (χ0) is 20.9. The maximum atomic E-state index is 12.7. The molecule has 0 aliphatic rings. The highest BCUT2D eigenvalue weighted by atomic mass is 35.5. The molecule has 0 fully saturated rings. The van der Waals surface area contributed by atoms with Crippen LogP contribution < -0.4 is 21.1 Å². The molecule has 1 unspecified atom stereocenters. The first kappa shape index (κ1) is 22.3. The van der Waals surface area contributed by atoms with Crippen LogP contribution in [0.5, 0.6) is 0 Å². The van der Waals surface area contributed by atoms with Crippen molar-refractivity contribution in [2.75, 3.05) is 0 Å². The lowest BCUT2D eigenvalue weighted by Gasteiger charge is -2.31. The van der Waals surface area contributed by atoms with E-state index in [-0.39, 0.29) is 4.90 Å². The Hall–Kier alpha value is -2.04. The van der Waals surface area contributed by atoms with Gasteiger partial charge in [0.15, 0.2) is 4.33 Å². The zero-order valence-electron chi connectivity index (χ0n) is 14.0. The summed E-state index contributed by atoms with van der Waals surface area (Å²) in [6.45, 7) is 0. The first-order chi connectivity index (χ1) is 13.0. The maximum Gasteiger partial charge on any atom is 0.324 e. The van der Waals surface area contributed by atoms with E-state index in [0.29, 0.717) is 10.6 Å². The fourth-order valence-corrected chi connectivity index (χ4v) is 4.04. The Morgan fingerprint density at radius 3 is 2.11 bits per heavy atom. The third kappa shape index (κ3) is 5.73. The molecule has 0 aliphatic carbocycles. The Bertz CT molecular complexity index is 954. The Kier molecular flexibility index (Phi) is 7.13. The van der Waals surface area contributed by atoms with Crippen LogP contribution >= 0.6 is 34.8 Å². The number of hydrogen-bond acceptors (Lipinski definition) is 4. The van der Waals surface area contributed by atoms with E-state index in [1.165, 1.54) is 36.4 Å². The Labute approximate surface area is 176 Å². The molecular weight excluding hydrogens is 451 g/mol. The smallest absolute Gasteiger partial charge is 0.324 e. The number of carbonyl (C=O) groups is 2. The number of hydrogen-bond donors (Lipinski definition) is 4. The molecule has 0 spiro atoms. The van der Waals surface area contributed by atoms with Crippen molar-refractivity contribution in [1.29, 1.82) is 0 Å². The molecule has 0 aromatic heterocycles. The van der Waals surface area contributed by atoms with Crippen molar-refractivity contribution < 1.29 is 18.0 Å². The molecule has 0 bridgehead atoms. The molecule has 5 N–H and O–H groups in total. The number of nitrogens with one attached hydrogen (secondary N) is 3. The SMILES string of the molecule is NC(=O)NC(=O)NC(NS(=O)(=O)c1ccc(Cl)cc1)C(Cl)(Cl)c1ccccc1. The molecule has 0 saturated heterocycles. The number of amides is 4. The third-order valence-corrected chi connectivity index (χ3v) is 5.99. The number of imide groups is 1. The van der Waals surface area contributed by atoms with Gasteiger partial charge >= 0.3 is 12.1 Å². The fourth-order valence-electron chi connectivity index (χ4n) is 2.14. The van der Waals surface area contributed by atoms with Gasteiger partial charge in [0, 0.05) is 5.02 Å². The summed E-state index contributed by atoms with van der Waals surface area (Å²) in [7, 11) is -4.18. The normalized spacial score (nSPS) is 12.8. The van der Waals surface area contributed by atoms with Gasteiger partial charge < -0.3 is 11.1 Å². The summed E-state index contributed by atoms with van der Waals surface area (Å²) in [5.41, 5.74) is 5.19. The number of primary amides is 1. The average molecular weight is 466 g/mol. The Morgan fingerprint density at radius 1 is 1.00 bits per heavy atom. The monoisotopic (exact) mass is 464 g/mol. The van der Waals surface area contributed by atoms with E-state index in [9.17, 15) is 18.0 Å². The summed E-state index contributed by atoms with van der Waals surface area (Å²) in [4.78, 5) is 22.7. The van der Waals surface area contributed by atoms with Crippen LogP contribution in [0.25, 0.3) is 0 Å². The minimum absolute atomic E-state index is 0.142. The van der Waals surface area contributed by atoms with E-state index in [1.54, 1.807) is 23.5 Å². The van der Waals surface area contributed by atoms with E-state index >= 15 is 0 Å². The number of halogens is 3. The summed E-state index contributed by atoms with van der Waals surface area (Å²) in [5.74, 6) is 0. The largest absolute Gasteiger partial charge is 0.351 e. The fraction of sp³-hybridized carbons (Fsp3) is 0.125. The van der Waals surface area contributed by atoms with Crippen LogP contribution in [0.15, 0.2) is 59.5 Å². The summed E-state index contributed by atoms with van der Waals surface area (Å²) in [5, 5.41) is 4.28. The first-order valence-corrected chi connectivity index (χ1v) is 10.2. The second-order valence-corrected chi connectivity index (χ2v) is 9.00. The first-order valence-electron chi connectivity index (χ1n) is 7.60. The van der Waals surface area contributed by atoms with Crippen molar-refractivity contribution in [3.8, 4) is 0 Å². The summed E-state index contributed by atoms with van der Waals surface area (Å²) in [6, 6.07) is 11.1. The molecule has 0 radical (unpaired) electrons. The molecule has 2 rings (SSSR count). The lowest BCUT2D eigenvalue weighted by atomic mass is 10.1. The van der Waals surface area contributed by atoms with E-state index < -0.39 is 32.6 Å². The van der Waals surface area contributed by atoms with Crippen LogP contribution in [0, 0.1) is 0 Å². The molecular formula is C16H15Cl3N4O4S.